The van der Waals surface area contributed by atoms with Crippen LogP contribution in [0.25, 0.3) is 0 Å². The summed E-state index contributed by atoms with van der Waals surface area (Å²) in [5, 5.41) is 4.76. The van der Waals surface area contributed by atoms with Crippen molar-refractivity contribution in [2.45, 2.75) is 6.92 Å². The maximum Gasteiger partial charge on any atom is 0.279 e. The Hall–Kier alpha value is -3.20. The monoisotopic (exact) mass is 394 g/mol. The molecule has 0 saturated heterocycles. The Morgan fingerprint density at radius 2 is 1.57 bits per heavy atom. The molecule has 0 spiro atoms. The van der Waals surface area contributed by atoms with Crippen LogP contribution < -0.4 is 15.5 Å². The lowest BCUT2D eigenvalue weighted by molar-refractivity contribution is -0.862. The Morgan fingerprint density at radius 1 is 0.929 bits per heavy atom. The number of carbonyl (C=O) groups excluding carboxylic acids is 3. The summed E-state index contributed by atoms with van der Waals surface area (Å²) < 4.78 is 39.7. The van der Waals surface area contributed by atoms with Crippen molar-refractivity contribution in [1.82, 2.24) is 0 Å². The van der Waals surface area contributed by atoms with E-state index < -0.39 is 35.0 Å². The molecule has 0 aromatic heterocycles. The van der Waals surface area contributed by atoms with E-state index in [1.54, 1.807) is 25.2 Å². The lowest BCUT2D eigenvalue weighted by atomic mass is 10.1. The van der Waals surface area contributed by atoms with Gasteiger partial charge in [0.1, 0.15) is 0 Å². The number of hydrogen-bond donors (Lipinski definition) is 3. The first-order valence-electron chi connectivity index (χ1n) is 8.33. The summed E-state index contributed by atoms with van der Waals surface area (Å²) in [6.07, 6.45) is 0. The van der Waals surface area contributed by atoms with Gasteiger partial charge in [0.15, 0.2) is 36.3 Å². The number of nitrogens with one attached hydrogen (secondary N) is 3. The summed E-state index contributed by atoms with van der Waals surface area (Å²) in [7, 11) is 1.56. The molecule has 1 atom stereocenters. The molecule has 6 nitrogen and oxygen atoms in total. The van der Waals surface area contributed by atoms with Crippen LogP contribution in [0.4, 0.5) is 24.5 Å². The van der Waals surface area contributed by atoms with Crippen molar-refractivity contribution in [3.05, 3.63) is 59.4 Å². The lowest BCUT2D eigenvalue weighted by Crippen LogP contribution is -3.11. The van der Waals surface area contributed by atoms with Gasteiger partial charge in [0.25, 0.3) is 11.8 Å². The molecule has 3 N–H and O–H groups in total. The van der Waals surface area contributed by atoms with Gasteiger partial charge in [-0.2, -0.15) is 0 Å². The van der Waals surface area contributed by atoms with E-state index in [-0.39, 0.29) is 18.9 Å². The van der Waals surface area contributed by atoms with Crippen molar-refractivity contribution in [3.8, 4) is 0 Å². The number of anilines is 2. The molecule has 2 aromatic carbocycles. The van der Waals surface area contributed by atoms with E-state index >= 15 is 0 Å². The van der Waals surface area contributed by atoms with Crippen molar-refractivity contribution in [1.29, 1.82) is 0 Å². The van der Waals surface area contributed by atoms with Crippen LogP contribution in [0, 0.1) is 17.5 Å². The summed E-state index contributed by atoms with van der Waals surface area (Å²) in [6.45, 7) is 1.12. The van der Waals surface area contributed by atoms with Gasteiger partial charge in [-0.25, -0.2) is 13.2 Å². The second kappa shape index (κ2) is 9.14. The SMILES string of the molecule is CC(=O)c1cccc(NC(=O)C[NH+](C)CC(=O)Nc2ccc(F)c(F)c2F)c1. The van der Waals surface area contributed by atoms with Crippen LogP contribution in [0.5, 0.6) is 0 Å². The first kappa shape index (κ1) is 21.1. The van der Waals surface area contributed by atoms with Crippen molar-refractivity contribution in [2.24, 2.45) is 0 Å². The zero-order chi connectivity index (χ0) is 20.8. The summed E-state index contributed by atoms with van der Waals surface area (Å²) in [5.74, 6) is -5.73. The van der Waals surface area contributed by atoms with Gasteiger partial charge in [0.2, 0.25) is 0 Å². The van der Waals surface area contributed by atoms with Crippen LogP contribution in [0.15, 0.2) is 36.4 Å². The number of benzene rings is 2. The van der Waals surface area contributed by atoms with Crippen LogP contribution in [0.3, 0.4) is 0 Å². The third kappa shape index (κ3) is 5.65. The second-order valence-electron chi connectivity index (χ2n) is 6.27. The number of carbonyl (C=O) groups is 3. The molecule has 2 aromatic rings. The molecule has 1 unspecified atom stereocenters. The van der Waals surface area contributed by atoms with Crippen LogP contribution in [0.1, 0.15) is 17.3 Å². The number of Topliss-reactive ketones (excluding diaryl/α,β-unsaturated/α-hetero) is 1. The van der Waals surface area contributed by atoms with Gasteiger partial charge in [-0.1, -0.05) is 12.1 Å². The summed E-state index contributed by atoms with van der Waals surface area (Å²) >= 11 is 0. The van der Waals surface area contributed by atoms with Gasteiger partial charge in [0, 0.05) is 11.3 Å². The van der Waals surface area contributed by atoms with Gasteiger partial charge < -0.3 is 15.5 Å². The van der Waals surface area contributed by atoms with Gasteiger partial charge >= 0.3 is 0 Å². The van der Waals surface area contributed by atoms with Crippen LogP contribution in [0.2, 0.25) is 0 Å². The average molecular weight is 394 g/mol. The fourth-order valence-corrected chi connectivity index (χ4v) is 2.45. The van der Waals surface area contributed by atoms with E-state index in [0.29, 0.717) is 22.2 Å². The molecular weight excluding hydrogens is 375 g/mol. The highest BCUT2D eigenvalue weighted by atomic mass is 19.2. The number of rotatable bonds is 7. The van der Waals surface area contributed by atoms with Crippen molar-refractivity contribution in [2.75, 3.05) is 30.8 Å². The largest absolute Gasteiger partial charge is 0.322 e. The van der Waals surface area contributed by atoms with Crippen LogP contribution in [-0.4, -0.2) is 37.7 Å². The standard InChI is InChI=1S/C19H18F3N3O3/c1-11(26)12-4-3-5-13(8-12)23-16(27)9-25(2)10-17(28)24-15-7-6-14(20)18(21)19(15)22/h3-8H,9-10H2,1-2H3,(H,23,27)(H,24,28)/p+1. The molecule has 0 bridgehead atoms. The summed E-state index contributed by atoms with van der Waals surface area (Å²) in [5.41, 5.74) is 0.410. The average Bonchev–Trinajstić information content (AvgIpc) is 2.62. The number of likely N-dealkylation sites (N-methyl/N-ethyl adjacent to an activating group) is 1. The van der Waals surface area contributed by atoms with Crippen molar-refractivity contribution >= 4 is 29.0 Å². The van der Waals surface area contributed by atoms with Crippen molar-refractivity contribution in [3.63, 3.8) is 0 Å². The van der Waals surface area contributed by atoms with Gasteiger partial charge in [-0.05, 0) is 31.2 Å². The van der Waals surface area contributed by atoms with Gasteiger partial charge in [0.05, 0.1) is 12.7 Å². The third-order valence-electron chi connectivity index (χ3n) is 3.79. The molecule has 0 radical (unpaired) electrons. The van der Waals surface area contributed by atoms with E-state index in [4.69, 9.17) is 0 Å². The van der Waals surface area contributed by atoms with Gasteiger partial charge in [-0.3, -0.25) is 14.4 Å². The van der Waals surface area contributed by atoms with Crippen molar-refractivity contribution < 1.29 is 32.5 Å². The molecule has 0 aliphatic heterocycles. The number of quaternary nitrogens is 1. The normalized spacial score (nSPS) is 11.6. The molecule has 0 aliphatic carbocycles. The Morgan fingerprint density at radius 3 is 2.21 bits per heavy atom. The fraction of sp³-hybridized carbons (Fsp3) is 0.211. The highest BCUT2D eigenvalue weighted by Crippen LogP contribution is 2.19. The molecule has 0 fully saturated rings. The Kier molecular flexibility index (Phi) is 6.89. The third-order valence-corrected chi connectivity index (χ3v) is 3.79. The predicted octanol–water partition coefficient (Wildman–Crippen LogP) is 1.40. The topological polar surface area (TPSA) is 79.7 Å². The van der Waals surface area contributed by atoms with Crippen LogP contribution in [-0.2, 0) is 9.59 Å². The Balaban J connectivity index is 1.89. The minimum Gasteiger partial charge on any atom is -0.322 e. The molecule has 28 heavy (non-hydrogen) atoms. The van der Waals surface area contributed by atoms with E-state index in [1.165, 1.54) is 13.0 Å². The molecule has 2 rings (SSSR count). The molecule has 0 saturated carbocycles. The highest BCUT2D eigenvalue weighted by molar-refractivity contribution is 5.97. The Bertz CT molecular complexity index is 919. The number of ketones is 1. The van der Waals surface area contributed by atoms with E-state index in [1.807, 2.05) is 0 Å². The number of halogens is 3. The molecular formula is C19H19F3N3O3+. The molecule has 9 heteroatoms. The van der Waals surface area contributed by atoms with E-state index in [2.05, 4.69) is 10.6 Å². The molecule has 0 heterocycles. The zero-order valence-corrected chi connectivity index (χ0v) is 15.2. The number of amides is 2. The van der Waals surface area contributed by atoms with Gasteiger partial charge in [-0.15, -0.1) is 0 Å². The molecule has 2 amide bonds. The van der Waals surface area contributed by atoms with Crippen LogP contribution >= 0.6 is 0 Å². The summed E-state index contributed by atoms with van der Waals surface area (Å²) in [6, 6.07) is 8.03. The first-order chi connectivity index (χ1) is 13.2. The number of hydrogen-bond acceptors (Lipinski definition) is 3. The second-order valence-corrected chi connectivity index (χ2v) is 6.27. The maximum absolute atomic E-state index is 13.6. The minimum absolute atomic E-state index is 0.0853. The fourth-order valence-electron chi connectivity index (χ4n) is 2.45. The highest BCUT2D eigenvalue weighted by Gasteiger charge is 2.18. The smallest absolute Gasteiger partial charge is 0.279 e. The molecule has 148 valence electrons. The predicted molar refractivity (Wildman–Crippen MR) is 96.6 cm³/mol. The zero-order valence-electron chi connectivity index (χ0n) is 15.2. The first-order valence-corrected chi connectivity index (χ1v) is 8.33. The van der Waals surface area contributed by atoms with E-state index in [0.717, 1.165) is 6.07 Å². The van der Waals surface area contributed by atoms with E-state index in [9.17, 15) is 27.6 Å². The summed E-state index contributed by atoms with van der Waals surface area (Å²) in [4.78, 5) is 35.9. The minimum atomic E-state index is -1.68. The quantitative estimate of drug-likeness (QED) is 0.491. The maximum atomic E-state index is 13.6. The Labute approximate surface area is 159 Å². The lowest BCUT2D eigenvalue weighted by Gasteiger charge is -2.14. The molecule has 0 aliphatic rings.